The van der Waals surface area contributed by atoms with Crippen LogP contribution < -0.4 is 9.64 Å². The number of rotatable bonds is 7. The van der Waals surface area contributed by atoms with Gasteiger partial charge in [0.1, 0.15) is 17.6 Å². The van der Waals surface area contributed by atoms with E-state index in [1.54, 1.807) is 36.4 Å². The van der Waals surface area contributed by atoms with Crippen LogP contribution >= 0.6 is 11.6 Å². The summed E-state index contributed by atoms with van der Waals surface area (Å²) in [5.41, 5.74) is 1.50. The van der Waals surface area contributed by atoms with E-state index in [1.807, 2.05) is 12.1 Å². The van der Waals surface area contributed by atoms with Gasteiger partial charge in [0.05, 0.1) is 19.2 Å². The molecule has 0 radical (unpaired) electrons. The Balaban J connectivity index is 1.65. The van der Waals surface area contributed by atoms with Crippen LogP contribution in [0, 0.1) is 5.82 Å². The summed E-state index contributed by atoms with van der Waals surface area (Å²) in [5, 5.41) is 0.567. The van der Waals surface area contributed by atoms with Crippen LogP contribution in [0.25, 0.3) is 0 Å². The monoisotopic (exact) mass is 480 g/mol. The number of nitrogens with zero attached hydrogens (tertiary/aromatic N) is 2. The minimum absolute atomic E-state index is 0.165. The second-order valence-corrected chi connectivity index (χ2v) is 8.31. The first-order valence-electron chi connectivity index (χ1n) is 10.7. The van der Waals surface area contributed by atoms with Crippen LogP contribution in [0.1, 0.15) is 22.3 Å². The Morgan fingerprint density at radius 1 is 1.09 bits per heavy atom. The fourth-order valence-corrected chi connectivity index (χ4v) is 4.20. The SMILES string of the molecule is COc1cccc(C(=O)N(CCc2cccc(Cl)c2)C2CC(=O)N(c3ccc(F)cc3)C2=O)c1. The Morgan fingerprint density at radius 3 is 2.53 bits per heavy atom. The van der Waals surface area contributed by atoms with Gasteiger partial charge in [0.25, 0.3) is 11.8 Å². The molecule has 1 saturated heterocycles. The van der Waals surface area contributed by atoms with Crippen LogP contribution in [0.3, 0.4) is 0 Å². The molecule has 34 heavy (non-hydrogen) atoms. The van der Waals surface area contributed by atoms with Crippen molar-refractivity contribution in [1.82, 2.24) is 4.90 Å². The van der Waals surface area contributed by atoms with Crippen molar-refractivity contribution in [2.75, 3.05) is 18.6 Å². The molecule has 0 saturated carbocycles. The van der Waals surface area contributed by atoms with Crippen molar-refractivity contribution in [2.24, 2.45) is 0 Å². The van der Waals surface area contributed by atoms with E-state index in [0.29, 0.717) is 22.8 Å². The number of carbonyl (C=O) groups excluding carboxylic acids is 3. The fraction of sp³-hybridized carbons (Fsp3) is 0.192. The van der Waals surface area contributed by atoms with Gasteiger partial charge >= 0.3 is 0 Å². The van der Waals surface area contributed by atoms with E-state index < -0.39 is 29.6 Å². The highest BCUT2D eigenvalue weighted by Gasteiger charge is 2.44. The Hall–Kier alpha value is -3.71. The van der Waals surface area contributed by atoms with Crippen LogP contribution in [0.15, 0.2) is 72.8 Å². The van der Waals surface area contributed by atoms with Crippen LogP contribution in [0.5, 0.6) is 5.75 Å². The highest BCUT2D eigenvalue weighted by atomic mass is 35.5. The summed E-state index contributed by atoms with van der Waals surface area (Å²) in [4.78, 5) is 42.1. The third-order valence-corrected chi connectivity index (χ3v) is 5.93. The molecule has 1 atom stereocenters. The molecule has 1 heterocycles. The van der Waals surface area contributed by atoms with Crippen molar-refractivity contribution in [2.45, 2.75) is 18.9 Å². The zero-order valence-electron chi connectivity index (χ0n) is 18.4. The summed E-state index contributed by atoms with van der Waals surface area (Å²) in [6, 6.07) is 18.0. The molecule has 174 valence electrons. The molecule has 8 heteroatoms. The van der Waals surface area contributed by atoms with Crippen molar-refractivity contribution < 1.29 is 23.5 Å². The molecule has 1 fully saturated rings. The maximum Gasteiger partial charge on any atom is 0.257 e. The van der Waals surface area contributed by atoms with Crippen LogP contribution in [0.2, 0.25) is 5.02 Å². The van der Waals surface area contributed by atoms with Crippen LogP contribution in [-0.4, -0.2) is 42.3 Å². The van der Waals surface area contributed by atoms with E-state index >= 15 is 0 Å². The molecule has 0 N–H and O–H groups in total. The standard InChI is InChI=1S/C26H22ClFN2O4/c1-34-22-7-3-5-18(15-22)25(32)29(13-12-17-4-2-6-19(27)14-17)23-16-24(31)30(26(23)33)21-10-8-20(28)9-11-21/h2-11,14-15,23H,12-13,16H2,1H3. The lowest BCUT2D eigenvalue weighted by Crippen LogP contribution is -2.46. The number of hydrogen-bond acceptors (Lipinski definition) is 4. The van der Waals surface area contributed by atoms with Crippen molar-refractivity contribution in [3.63, 3.8) is 0 Å². The molecule has 3 aromatic rings. The molecule has 4 rings (SSSR count). The van der Waals surface area contributed by atoms with Gasteiger partial charge in [-0.3, -0.25) is 14.4 Å². The summed E-state index contributed by atoms with van der Waals surface area (Å²) >= 11 is 6.09. The molecule has 0 bridgehead atoms. The number of methoxy groups -OCH3 is 1. The zero-order valence-corrected chi connectivity index (χ0v) is 19.2. The first-order valence-corrected chi connectivity index (χ1v) is 11.1. The second-order valence-electron chi connectivity index (χ2n) is 7.87. The van der Waals surface area contributed by atoms with E-state index in [9.17, 15) is 18.8 Å². The summed E-state index contributed by atoms with van der Waals surface area (Å²) in [6.07, 6.45) is 0.270. The Morgan fingerprint density at radius 2 is 1.82 bits per heavy atom. The molecule has 1 aliphatic rings. The maximum atomic E-state index is 13.5. The van der Waals surface area contributed by atoms with Gasteiger partial charge in [0, 0.05) is 17.1 Å². The van der Waals surface area contributed by atoms with Crippen LogP contribution in [0.4, 0.5) is 10.1 Å². The average Bonchev–Trinajstić information content (AvgIpc) is 3.13. The first-order chi connectivity index (χ1) is 16.4. The number of carbonyl (C=O) groups is 3. The molecule has 0 aromatic heterocycles. The quantitative estimate of drug-likeness (QED) is 0.467. The normalized spacial score (nSPS) is 15.5. The van der Waals surface area contributed by atoms with Crippen molar-refractivity contribution >= 4 is 35.0 Å². The average molecular weight is 481 g/mol. The summed E-state index contributed by atoms with van der Waals surface area (Å²) in [6.45, 7) is 0.192. The highest BCUT2D eigenvalue weighted by molar-refractivity contribution is 6.30. The van der Waals surface area contributed by atoms with Gasteiger partial charge < -0.3 is 9.64 Å². The molecule has 0 spiro atoms. The smallest absolute Gasteiger partial charge is 0.257 e. The lowest BCUT2D eigenvalue weighted by molar-refractivity contribution is -0.122. The van der Waals surface area contributed by atoms with E-state index in [-0.39, 0.29) is 18.7 Å². The fourth-order valence-electron chi connectivity index (χ4n) is 3.98. The van der Waals surface area contributed by atoms with Gasteiger partial charge in [-0.1, -0.05) is 29.8 Å². The van der Waals surface area contributed by atoms with Gasteiger partial charge in [-0.2, -0.15) is 0 Å². The topological polar surface area (TPSA) is 66.9 Å². The third kappa shape index (κ3) is 4.94. The lowest BCUT2D eigenvalue weighted by atomic mass is 10.1. The van der Waals surface area contributed by atoms with E-state index in [4.69, 9.17) is 16.3 Å². The second kappa shape index (κ2) is 10.1. The molecule has 1 unspecified atom stereocenters. The number of amides is 3. The molecule has 6 nitrogen and oxygen atoms in total. The predicted octanol–water partition coefficient (Wildman–Crippen LogP) is 4.50. The maximum absolute atomic E-state index is 13.5. The number of hydrogen-bond donors (Lipinski definition) is 0. The van der Waals surface area contributed by atoms with Crippen molar-refractivity contribution in [3.8, 4) is 5.75 Å². The summed E-state index contributed by atoms with van der Waals surface area (Å²) in [7, 11) is 1.50. The van der Waals surface area contributed by atoms with Crippen molar-refractivity contribution in [3.05, 3.63) is 94.8 Å². The van der Waals surface area contributed by atoms with E-state index in [0.717, 1.165) is 10.5 Å². The minimum Gasteiger partial charge on any atom is -0.497 e. The number of halogens is 2. The third-order valence-electron chi connectivity index (χ3n) is 5.69. The number of imide groups is 1. The molecular weight excluding hydrogens is 459 g/mol. The summed E-state index contributed by atoms with van der Waals surface area (Å²) in [5.74, 6) is -1.35. The zero-order chi connectivity index (χ0) is 24.2. The Bertz CT molecular complexity index is 1230. The highest BCUT2D eigenvalue weighted by Crippen LogP contribution is 2.28. The lowest BCUT2D eigenvalue weighted by Gasteiger charge is -2.28. The number of anilines is 1. The molecule has 3 aromatic carbocycles. The predicted molar refractivity (Wildman–Crippen MR) is 126 cm³/mol. The first kappa shape index (κ1) is 23.4. The molecule has 3 amide bonds. The van der Waals surface area contributed by atoms with Crippen molar-refractivity contribution in [1.29, 1.82) is 0 Å². The van der Waals surface area contributed by atoms with Gasteiger partial charge in [-0.25, -0.2) is 9.29 Å². The van der Waals surface area contributed by atoms with Gasteiger partial charge in [0.15, 0.2) is 0 Å². The van der Waals surface area contributed by atoms with E-state index in [2.05, 4.69) is 0 Å². The Labute approximate surface area is 201 Å². The largest absolute Gasteiger partial charge is 0.497 e. The molecule has 0 aliphatic carbocycles. The van der Waals surface area contributed by atoms with Crippen LogP contribution in [-0.2, 0) is 16.0 Å². The molecule has 1 aliphatic heterocycles. The van der Waals surface area contributed by atoms with Gasteiger partial charge in [-0.05, 0) is 66.6 Å². The van der Waals surface area contributed by atoms with E-state index in [1.165, 1.54) is 36.3 Å². The van der Waals surface area contributed by atoms with Gasteiger partial charge in [0.2, 0.25) is 5.91 Å². The summed E-state index contributed by atoms with van der Waals surface area (Å²) < 4.78 is 18.6. The molecular formula is C26H22ClFN2O4. The number of ether oxygens (including phenoxy) is 1. The van der Waals surface area contributed by atoms with Gasteiger partial charge in [-0.15, -0.1) is 0 Å². The Kier molecular flexibility index (Phi) is 6.93. The minimum atomic E-state index is -0.990. The number of benzene rings is 3.